The number of aliphatic hydroxyl groups excluding tert-OH is 2. The number of rotatable bonds is 8. The van der Waals surface area contributed by atoms with Crippen molar-refractivity contribution < 1.29 is 53.8 Å². The number of esters is 3. The van der Waals surface area contributed by atoms with Crippen molar-refractivity contribution in [3.63, 3.8) is 0 Å². The molecule has 0 aromatic heterocycles. The highest BCUT2D eigenvalue weighted by Crippen LogP contribution is 2.73. The fourth-order valence-corrected chi connectivity index (χ4v) is 11.8. The molecule has 5 rings (SSSR count). The molecular weight excluding hydrogens is 644 g/mol. The van der Waals surface area contributed by atoms with Gasteiger partial charge in [-0.25, -0.2) is 0 Å². The van der Waals surface area contributed by atoms with Crippen molar-refractivity contribution in [2.75, 3.05) is 7.11 Å². The molecule has 4 fully saturated rings. The molecule has 1 aliphatic heterocycles. The van der Waals surface area contributed by atoms with E-state index in [-0.39, 0.29) is 35.5 Å². The maximum absolute atomic E-state index is 13.4. The number of methoxy groups -OCH3 is 1. The van der Waals surface area contributed by atoms with Gasteiger partial charge in [0, 0.05) is 23.7 Å². The molecule has 50 heavy (non-hydrogen) atoms. The highest BCUT2D eigenvalue weighted by atomic mass is 16.6. The van der Waals surface area contributed by atoms with Crippen molar-refractivity contribution in [1.29, 1.82) is 0 Å². The molecule has 0 amide bonds. The fraction of sp³-hybridized carbons (Fsp3) is 0.872. The van der Waals surface area contributed by atoms with E-state index < -0.39 is 82.5 Å². The second kappa shape index (κ2) is 13.1. The van der Waals surface area contributed by atoms with Gasteiger partial charge >= 0.3 is 17.9 Å². The minimum absolute atomic E-state index is 0.00575. The summed E-state index contributed by atoms with van der Waals surface area (Å²) in [6.45, 7) is 16.9. The minimum atomic E-state index is -1.69. The molecule has 0 aromatic carbocycles. The number of hydrogen-bond acceptors (Lipinski definition) is 11. The topological polar surface area (TPSA) is 169 Å². The van der Waals surface area contributed by atoms with Gasteiger partial charge < -0.3 is 39.4 Å². The molecule has 0 spiro atoms. The van der Waals surface area contributed by atoms with Crippen LogP contribution in [0.25, 0.3) is 0 Å². The molecule has 1 saturated heterocycles. The SMILES string of the molecule is COC(=O)CC(C)(O)CC(=O)OC1CC2(C)C3=CC(O)C4(C)C(C5CCC(C(C)(C)O)OC5O)CCC4(C)C3CCC2C(C)(C)C1OC(C)=O. The molecule has 13 unspecified atom stereocenters. The quantitative estimate of drug-likeness (QED) is 0.158. The smallest absolute Gasteiger partial charge is 0.309 e. The Morgan fingerprint density at radius 1 is 0.920 bits per heavy atom. The average molecular weight is 707 g/mol. The van der Waals surface area contributed by atoms with Crippen molar-refractivity contribution in [3.8, 4) is 0 Å². The van der Waals surface area contributed by atoms with E-state index in [9.17, 15) is 34.8 Å². The monoisotopic (exact) mass is 706 g/mol. The van der Waals surface area contributed by atoms with Crippen molar-refractivity contribution in [2.45, 2.75) is 162 Å². The number of allylic oxidation sites excluding steroid dienone is 1. The zero-order valence-corrected chi connectivity index (χ0v) is 31.8. The van der Waals surface area contributed by atoms with Crippen LogP contribution in [-0.2, 0) is 33.3 Å². The lowest BCUT2D eigenvalue weighted by atomic mass is 9.40. The molecule has 1 heterocycles. The van der Waals surface area contributed by atoms with Gasteiger partial charge in [0.1, 0.15) is 12.2 Å². The zero-order valence-electron chi connectivity index (χ0n) is 31.8. The molecule has 3 saturated carbocycles. The van der Waals surface area contributed by atoms with Crippen LogP contribution < -0.4 is 0 Å². The van der Waals surface area contributed by atoms with Crippen molar-refractivity contribution in [1.82, 2.24) is 0 Å². The van der Waals surface area contributed by atoms with Crippen molar-refractivity contribution in [2.24, 2.45) is 45.3 Å². The number of aliphatic hydroxyl groups is 4. The molecule has 0 bridgehead atoms. The fourth-order valence-electron chi connectivity index (χ4n) is 11.8. The largest absolute Gasteiger partial charge is 0.469 e. The Morgan fingerprint density at radius 2 is 1.56 bits per heavy atom. The Bertz CT molecular complexity index is 1360. The van der Waals surface area contributed by atoms with E-state index in [1.54, 1.807) is 13.8 Å². The highest BCUT2D eigenvalue weighted by Gasteiger charge is 2.70. The second-order valence-corrected chi connectivity index (χ2v) is 18.4. The summed E-state index contributed by atoms with van der Waals surface area (Å²) in [6.07, 6.45) is 2.52. The Kier molecular flexibility index (Phi) is 10.3. The zero-order chi connectivity index (χ0) is 37.4. The van der Waals surface area contributed by atoms with E-state index in [0.717, 1.165) is 31.3 Å². The standard InChI is InChI=1S/C39H62O11/c1-21(40)48-32-26(49-31(43)20-36(6,46)19-30(42)47-10)18-37(7)25-17-28(41)39(9)23(22-11-14-29(35(4,5)45)50-33(22)44)15-16-38(39,8)24(25)12-13-27(37)34(32,2)3/h17,22-24,26-29,32-33,41,44-46H,11-16,18-20H2,1-10H3. The first-order valence-electron chi connectivity index (χ1n) is 18.5. The van der Waals surface area contributed by atoms with E-state index in [2.05, 4.69) is 45.4 Å². The summed E-state index contributed by atoms with van der Waals surface area (Å²) in [6, 6.07) is 0. The number of carbonyl (C=O) groups is 3. The summed E-state index contributed by atoms with van der Waals surface area (Å²) in [5, 5.41) is 45.0. The number of ether oxygens (including phenoxy) is 4. The minimum Gasteiger partial charge on any atom is -0.469 e. The molecule has 4 N–H and O–H groups in total. The predicted molar refractivity (Wildman–Crippen MR) is 183 cm³/mol. The molecular formula is C39H62O11. The number of hydrogen-bond donors (Lipinski definition) is 4. The van der Waals surface area contributed by atoms with E-state index in [1.807, 2.05) is 0 Å². The van der Waals surface area contributed by atoms with Crippen LogP contribution in [0.2, 0.25) is 0 Å². The lowest BCUT2D eigenvalue weighted by Crippen LogP contribution is -2.64. The van der Waals surface area contributed by atoms with Crippen LogP contribution in [-0.4, -0.2) is 87.4 Å². The molecule has 0 aromatic rings. The third kappa shape index (κ3) is 6.45. The van der Waals surface area contributed by atoms with Crippen LogP contribution in [0.5, 0.6) is 0 Å². The van der Waals surface area contributed by atoms with Crippen LogP contribution in [0.1, 0.15) is 120 Å². The summed E-state index contributed by atoms with van der Waals surface area (Å²) in [5.41, 5.74) is -3.56. The molecule has 284 valence electrons. The van der Waals surface area contributed by atoms with Gasteiger partial charge in [0.05, 0.1) is 43.4 Å². The van der Waals surface area contributed by atoms with E-state index in [4.69, 9.17) is 14.2 Å². The Balaban J connectivity index is 1.47. The summed E-state index contributed by atoms with van der Waals surface area (Å²) in [7, 11) is 1.21. The summed E-state index contributed by atoms with van der Waals surface area (Å²) in [4.78, 5) is 37.7. The van der Waals surface area contributed by atoms with Gasteiger partial charge in [-0.2, -0.15) is 0 Å². The van der Waals surface area contributed by atoms with Gasteiger partial charge in [0.15, 0.2) is 6.29 Å². The third-order valence-electron chi connectivity index (χ3n) is 14.4. The molecule has 13 atom stereocenters. The molecule has 11 nitrogen and oxygen atoms in total. The van der Waals surface area contributed by atoms with Gasteiger partial charge in [0.25, 0.3) is 0 Å². The Hall–Kier alpha value is -2.05. The lowest BCUT2D eigenvalue weighted by Gasteiger charge is -2.66. The first-order valence-corrected chi connectivity index (χ1v) is 18.5. The average Bonchev–Trinajstić information content (AvgIpc) is 3.26. The summed E-state index contributed by atoms with van der Waals surface area (Å²) in [5.74, 6) is -1.82. The van der Waals surface area contributed by atoms with Crippen LogP contribution in [0.4, 0.5) is 0 Å². The lowest BCUT2D eigenvalue weighted by molar-refractivity contribution is -0.252. The molecule has 0 radical (unpaired) electrons. The Labute approximate surface area is 297 Å². The first-order chi connectivity index (χ1) is 22.9. The van der Waals surface area contributed by atoms with Crippen molar-refractivity contribution >= 4 is 17.9 Å². The number of fused-ring (bicyclic) bond motifs is 5. The summed E-state index contributed by atoms with van der Waals surface area (Å²) < 4.78 is 22.7. The van der Waals surface area contributed by atoms with Gasteiger partial charge in [-0.3, -0.25) is 14.4 Å². The van der Waals surface area contributed by atoms with E-state index in [1.165, 1.54) is 21.0 Å². The van der Waals surface area contributed by atoms with Crippen LogP contribution in [0, 0.1) is 45.3 Å². The second-order valence-electron chi connectivity index (χ2n) is 18.4. The molecule has 11 heteroatoms. The maximum Gasteiger partial charge on any atom is 0.309 e. The molecule has 4 aliphatic carbocycles. The normalized spacial score (nSPS) is 43.6. The van der Waals surface area contributed by atoms with Crippen LogP contribution >= 0.6 is 0 Å². The van der Waals surface area contributed by atoms with E-state index >= 15 is 0 Å². The van der Waals surface area contributed by atoms with Crippen LogP contribution in [0.3, 0.4) is 0 Å². The van der Waals surface area contributed by atoms with Gasteiger partial charge in [-0.05, 0) is 94.3 Å². The highest BCUT2D eigenvalue weighted by molar-refractivity contribution is 5.75. The predicted octanol–water partition coefficient (Wildman–Crippen LogP) is 4.60. The van der Waals surface area contributed by atoms with Gasteiger partial charge in [-0.15, -0.1) is 0 Å². The Morgan fingerprint density at radius 3 is 2.14 bits per heavy atom. The van der Waals surface area contributed by atoms with Gasteiger partial charge in [0.2, 0.25) is 0 Å². The molecule has 5 aliphatic rings. The summed E-state index contributed by atoms with van der Waals surface area (Å²) >= 11 is 0. The van der Waals surface area contributed by atoms with E-state index in [0.29, 0.717) is 19.3 Å². The van der Waals surface area contributed by atoms with Crippen LogP contribution in [0.15, 0.2) is 11.6 Å². The maximum atomic E-state index is 13.4. The van der Waals surface area contributed by atoms with Gasteiger partial charge in [-0.1, -0.05) is 46.3 Å². The van der Waals surface area contributed by atoms with Crippen molar-refractivity contribution in [3.05, 3.63) is 11.6 Å². The first kappa shape index (κ1) is 39.2. The third-order valence-corrected chi connectivity index (χ3v) is 14.4. The number of carbonyl (C=O) groups excluding carboxylic acids is 3.